The number of hydrogen-bond donors (Lipinski definition) is 2. The average molecular weight is 613 g/mol. The number of para-hydroxylation sites is 1. The number of Topliss-reactive ketones (excluding diaryl/α,β-unsaturated/α-hetero) is 1. The van der Waals surface area contributed by atoms with Crippen LogP contribution in [0.2, 0.25) is 0 Å². The summed E-state index contributed by atoms with van der Waals surface area (Å²) in [5.74, 6) is -0.397. The highest BCUT2D eigenvalue weighted by Gasteiger charge is 2.43. The first kappa shape index (κ1) is 30.6. The standard InChI is InChI=1S/C28H22F6N2O5S/c29-27(30,31)17-5-3-7-19(13-17)36-24(38)40-16-26(11-12-39-22-10-2-1-9-21(22)23(26)37)15-35-25(42)41-20-8-4-6-18(14-20)28(32,33)34/h1-10,13-14H,11-12,15-16H2,(H,35,42)(H,36,38). The number of fused-ring (bicyclic) bond motifs is 1. The second kappa shape index (κ2) is 12.3. The number of carbonyl (C=O) groups excluding carboxylic acids is 2. The van der Waals surface area contributed by atoms with E-state index >= 15 is 0 Å². The van der Waals surface area contributed by atoms with E-state index in [1.54, 1.807) is 18.2 Å². The van der Waals surface area contributed by atoms with Crippen molar-refractivity contribution in [3.05, 3.63) is 89.5 Å². The van der Waals surface area contributed by atoms with Crippen LogP contribution in [0, 0.1) is 5.41 Å². The zero-order valence-electron chi connectivity index (χ0n) is 21.5. The molecule has 4 rings (SSSR count). The fraction of sp³-hybridized carbons (Fsp3) is 0.250. The van der Waals surface area contributed by atoms with Gasteiger partial charge < -0.3 is 19.5 Å². The Bertz CT molecular complexity index is 1400. The third-order valence-electron chi connectivity index (χ3n) is 6.31. The monoisotopic (exact) mass is 612 g/mol. The molecular formula is C28H22F6N2O5S. The molecule has 0 saturated carbocycles. The Morgan fingerprint density at radius 2 is 1.60 bits per heavy atom. The third-order valence-corrected chi connectivity index (χ3v) is 6.54. The molecule has 0 spiro atoms. The molecule has 2 N–H and O–H groups in total. The molecule has 0 radical (unpaired) electrons. The van der Waals surface area contributed by atoms with Crippen LogP contribution in [-0.2, 0) is 17.1 Å². The minimum Gasteiger partial charge on any atom is -0.493 e. The van der Waals surface area contributed by atoms with Crippen LogP contribution in [0.5, 0.6) is 11.5 Å². The molecule has 1 atom stereocenters. The number of carbonyl (C=O) groups is 2. The number of amides is 1. The van der Waals surface area contributed by atoms with Crippen LogP contribution >= 0.6 is 12.2 Å². The predicted octanol–water partition coefficient (Wildman–Crippen LogP) is 6.88. The smallest absolute Gasteiger partial charge is 0.416 e. The first-order chi connectivity index (χ1) is 19.8. The highest BCUT2D eigenvalue weighted by atomic mass is 32.1. The fourth-order valence-electron chi connectivity index (χ4n) is 4.14. The summed E-state index contributed by atoms with van der Waals surface area (Å²) < 4.78 is 94.6. The molecule has 3 aromatic carbocycles. The molecule has 3 aromatic rings. The van der Waals surface area contributed by atoms with Gasteiger partial charge in [-0.2, -0.15) is 26.3 Å². The Hall–Kier alpha value is -4.33. The average Bonchev–Trinajstić information content (AvgIpc) is 3.07. The summed E-state index contributed by atoms with van der Waals surface area (Å²) in [5, 5.41) is 4.56. The van der Waals surface area contributed by atoms with Crippen molar-refractivity contribution >= 4 is 35.0 Å². The van der Waals surface area contributed by atoms with Crippen molar-refractivity contribution < 1.29 is 50.1 Å². The lowest BCUT2D eigenvalue weighted by atomic mass is 9.78. The summed E-state index contributed by atoms with van der Waals surface area (Å²) >= 11 is 5.14. The van der Waals surface area contributed by atoms with Crippen molar-refractivity contribution in [3.8, 4) is 11.5 Å². The molecular weight excluding hydrogens is 590 g/mol. The summed E-state index contributed by atoms with van der Waals surface area (Å²) in [6.45, 7) is -0.810. The Labute approximate surface area is 240 Å². The highest BCUT2D eigenvalue weighted by molar-refractivity contribution is 7.80. The maximum Gasteiger partial charge on any atom is 0.416 e. The molecule has 42 heavy (non-hydrogen) atoms. The van der Waals surface area contributed by atoms with Crippen molar-refractivity contribution in [1.29, 1.82) is 0 Å². The van der Waals surface area contributed by atoms with Crippen LogP contribution in [0.1, 0.15) is 27.9 Å². The first-order valence-corrected chi connectivity index (χ1v) is 12.7. The van der Waals surface area contributed by atoms with Crippen molar-refractivity contribution in [2.24, 2.45) is 5.41 Å². The van der Waals surface area contributed by atoms with Gasteiger partial charge >= 0.3 is 18.4 Å². The molecule has 1 aliphatic rings. The highest BCUT2D eigenvalue weighted by Crippen LogP contribution is 2.36. The van der Waals surface area contributed by atoms with E-state index in [-0.39, 0.29) is 41.7 Å². The van der Waals surface area contributed by atoms with Crippen molar-refractivity contribution in [1.82, 2.24) is 5.32 Å². The molecule has 222 valence electrons. The van der Waals surface area contributed by atoms with Crippen LogP contribution in [0.4, 0.5) is 36.8 Å². The maximum absolute atomic E-state index is 13.7. The number of ether oxygens (including phenoxy) is 3. The van der Waals surface area contributed by atoms with Gasteiger partial charge in [0.1, 0.15) is 18.1 Å². The predicted molar refractivity (Wildman–Crippen MR) is 142 cm³/mol. The number of hydrogen-bond acceptors (Lipinski definition) is 6. The van der Waals surface area contributed by atoms with Gasteiger partial charge in [-0.05, 0) is 67.2 Å². The number of rotatable bonds is 6. The van der Waals surface area contributed by atoms with E-state index in [1.165, 1.54) is 18.2 Å². The lowest BCUT2D eigenvalue weighted by Crippen LogP contribution is -2.47. The quantitative estimate of drug-likeness (QED) is 0.232. The summed E-state index contributed by atoms with van der Waals surface area (Å²) in [5.41, 5.74) is -3.43. The van der Waals surface area contributed by atoms with Gasteiger partial charge in [0.25, 0.3) is 5.17 Å². The van der Waals surface area contributed by atoms with Gasteiger partial charge in [-0.1, -0.05) is 24.3 Å². The molecule has 1 amide bonds. The van der Waals surface area contributed by atoms with Gasteiger partial charge in [-0.3, -0.25) is 10.1 Å². The Morgan fingerprint density at radius 1 is 0.929 bits per heavy atom. The number of nitrogens with one attached hydrogen (secondary N) is 2. The van der Waals surface area contributed by atoms with E-state index in [0.717, 1.165) is 36.4 Å². The lowest BCUT2D eigenvalue weighted by molar-refractivity contribution is -0.138. The number of thiocarbonyl (C=S) groups is 1. The molecule has 0 bridgehead atoms. The summed E-state index contributed by atoms with van der Waals surface area (Å²) in [7, 11) is 0. The molecule has 1 unspecified atom stereocenters. The maximum atomic E-state index is 13.7. The first-order valence-electron chi connectivity index (χ1n) is 12.3. The zero-order chi connectivity index (χ0) is 30.5. The van der Waals surface area contributed by atoms with E-state index in [9.17, 15) is 35.9 Å². The molecule has 1 aliphatic heterocycles. The van der Waals surface area contributed by atoms with Gasteiger partial charge in [0.15, 0.2) is 5.78 Å². The van der Waals surface area contributed by atoms with Crippen LogP contribution in [0.3, 0.4) is 0 Å². The molecule has 14 heteroatoms. The van der Waals surface area contributed by atoms with Crippen molar-refractivity contribution in [2.75, 3.05) is 25.1 Å². The van der Waals surface area contributed by atoms with E-state index in [2.05, 4.69) is 10.6 Å². The summed E-state index contributed by atoms with van der Waals surface area (Å²) in [4.78, 5) is 26.3. The number of halogens is 6. The number of benzene rings is 3. The minimum absolute atomic E-state index is 0.0104. The van der Waals surface area contributed by atoms with Crippen LogP contribution < -0.4 is 20.1 Å². The topological polar surface area (TPSA) is 85.9 Å². The zero-order valence-corrected chi connectivity index (χ0v) is 22.3. The number of ketones is 1. The molecule has 7 nitrogen and oxygen atoms in total. The second-order valence-corrected chi connectivity index (χ2v) is 9.62. The molecule has 0 fully saturated rings. The second-order valence-electron chi connectivity index (χ2n) is 9.25. The van der Waals surface area contributed by atoms with Crippen LogP contribution in [0.25, 0.3) is 0 Å². The fourth-order valence-corrected chi connectivity index (χ4v) is 4.31. The van der Waals surface area contributed by atoms with E-state index in [4.69, 9.17) is 26.4 Å². The van der Waals surface area contributed by atoms with Crippen molar-refractivity contribution in [2.45, 2.75) is 18.8 Å². The Morgan fingerprint density at radius 3 is 2.31 bits per heavy atom. The van der Waals surface area contributed by atoms with Gasteiger partial charge in [-0.15, -0.1) is 0 Å². The largest absolute Gasteiger partial charge is 0.493 e. The molecule has 0 aliphatic carbocycles. The van der Waals surface area contributed by atoms with Gasteiger partial charge in [0.05, 0.1) is 28.7 Å². The SMILES string of the molecule is O=C(Nc1cccc(C(F)(F)F)c1)OCC1(CNC(=S)Oc2cccc(C(F)(F)F)c2)CCOc2ccccc2C1=O. The Kier molecular flexibility index (Phi) is 8.95. The summed E-state index contributed by atoms with van der Waals surface area (Å²) in [6.07, 6.45) is -10.4. The number of anilines is 1. The van der Waals surface area contributed by atoms with Crippen molar-refractivity contribution in [3.63, 3.8) is 0 Å². The molecule has 0 aromatic heterocycles. The van der Waals surface area contributed by atoms with Crippen LogP contribution in [-0.4, -0.2) is 36.8 Å². The normalized spacial score (nSPS) is 16.9. The van der Waals surface area contributed by atoms with E-state index < -0.39 is 47.4 Å². The Balaban J connectivity index is 1.50. The summed E-state index contributed by atoms with van der Waals surface area (Å²) in [6, 6.07) is 14.3. The van der Waals surface area contributed by atoms with Gasteiger partial charge in [-0.25, -0.2) is 4.79 Å². The van der Waals surface area contributed by atoms with E-state index in [0.29, 0.717) is 5.75 Å². The van der Waals surface area contributed by atoms with Crippen LogP contribution in [0.15, 0.2) is 72.8 Å². The third kappa shape index (κ3) is 7.49. The number of alkyl halides is 6. The molecule has 1 heterocycles. The van der Waals surface area contributed by atoms with Gasteiger partial charge in [0, 0.05) is 12.2 Å². The minimum atomic E-state index is -4.63. The van der Waals surface area contributed by atoms with Gasteiger partial charge in [0.2, 0.25) is 0 Å². The molecule has 0 saturated heterocycles. The van der Waals surface area contributed by atoms with E-state index in [1.807, 2.05) is 0 Å². The lowest BCUT2D eigenvalue weighted by Gasteiger charge is -2.30.